The number of rotatable bonds is 5. The molecule has 0 spiro atoms. The lowest BCUT2D eigenvalue weighted by Gasteiger charge is -2.25. The Bertz CT molecular complexity index is 926. The second-order valence-electron chi connectivity index (χ2n) is 7.40. The summed E-state index contributed by atoms with van der Waals surface area (Å²) in [5.74, 6) is 1.03. The highest BCUT2D eigenvalue weighted by Gasteiger charge is 2.18. The summed E-state index contributed by atoms with van der Waals surface area (Å²) in [6.45, 7) is 9.82. The summed E-state index contributed by atoms with van der Waals surface area (Å²) in [7, 11) is 0. The van der Waals surface area contributed by atoms with E-state index in [9.17, 15) is 0 Å². The molecule has 0 saturated carbocycles. The van der Waals surface area contributed by atoms with Gasteiger partial charge in [-0.15, -0.1) is 16.9 Å². The van der Waals surface area contributed by atoms with E-state index in [0.717, 1.165) is 45.3 Å². The van der Waals surface area contributed by atoms with Crippen molar-refractivity contribution < 1.29 is 0 Å². The van der Waals surface area contributed by atoms with Gasteiger partial charge in [0.2, 0.25) is 0 Å². The average molecular weight is 382 g/mol. The number of thioether (sulfide) groups is 1. The summed E-state index contributed by atoms with van der Waals surface area (Å²) in [6, 6.07) is 8.48. The van der Waals surface area contributed by atoms with Crippen molar-refractivity contribution in [1.29, 1.82) is 0 Å². The molecule has 3 aromatic rings. The number of aromatic nitrogens is 4. The van der Waals surface area contributed by atoms with Crippen LogP contribution in [-0.2, 0) is 0 Å². The third kappa shape index (κ3) is 3.87. The molecule has 1 aromatic carbocycles. The minimum atomic E-state index is 0.946. The van der Waals surface area contributed by atoms with Gasteiger partial charge in [0.25, 0.3) is 0 Å². The van der Waals surface area contributed by atoms with Crippen LogP contribution in [0.15, 0.2) is 29.3 Å². The molecule has 0 aliphatic carbocycles. The van der Waals surface area contributed by atoms with Crippen LogP contribution >= 0.6 is 11.8 Å². The summed E-state index contributed by atoms with van der Waals surface area (Å²) in [5.41, 5.74) is 5.38. The van der Waals surface area contributed by atoms with Crippen molar-refractivity contribution in [2.75, 3.05) is 25.4 Å². The van der Waals surface area contributed by atoms with Crippen LogP contribution in [0.5, 0.6) is 0 Å². The molecule has 1 aliphatic heterocycles. The molecule has 0 unspecified atom stereocenters. The predicted molar refractivity (Wildman–Crippen MR) is 112 cm³/mol. The Labute approximate surface area is 165 Å². The monoisotopic (exact) mass is 381 g/mol. The fourth-order valence-corrected chi connectivity index (χ4v) is 4.71. The zero-order valence-corrected chi connectivity index (χ0v) is 17.2. The van der Waals surface area contributed by atoms with Crippen LogP contribution in [0, 0.1) is 20.8 Å². The molecule has 27 heavy (non-hydrogen) atoms. The first-order valence-electron chi connectivity index (χ1n) is 9.78. The van der Waals surface area contributed by atoms with Crippen molar-refractivity contribution >= 4 is 22.7 Å². The van der Waals surface area contributed by atoms with E-state index >= 15 is 0 Å². The van der Waals surface area contributed by atoms with Gasteiger partial charge in [0, 0.05) is 17.7 Å². The number of benzene rings is 1. The second kappa shape index (κ2) is 7.98. The maximum absolute atomic E-state index is 4.92. The standard InChI is InChI=1S/C21H27N5S/c1-15-7-9-18(10-8-15)26-17(3)19-16(2)22-23-21(20(19)24-26)27-14-13-25-11-5-4-6-12-25/h7-10H,4-6,11-14H2,1-3H3. The van der Waals surface area contributed by atoms with Crippen molar-refractivity contribution in [2.45, 2.75) is 45.1 Å². The van der Waals surface area contributed by atoms with Crippen molar-refractivity contribution in [3.63, 3.8) is 0 Å². The van der Waals surface area contributed by atoms with Crippen LogP contribution in [-0.4, -0.2) is 50.3 Å². The lowest BCUT2D eigenvalue weighted by molar-refractivity contribution is 0.242. The molecule has 1 aliphatic rings. The largest absolute Gasteiger partial charge is 0.303 e. The molecule has 1 fully saturated rings. The first kappa shape index (κ1) is 18.4. The quantitative estimate of drug-likeness (QED) is 0.616. The van der Waals surface area contributed by atoms with Gasteiger partial charge in [-0.25, -0.2) is 4.68 Å². The van der Waals surface area contributed by atoms with Crippen molar-refractivity contribution in [3.05, 3.63) is 41.2 Å². The van der Waals surface area contributed by atoms with Crippen LogP contribution in [0.25, 0.3) is 16.6 Å². The van der Waals surface area contributed by atoms with Crippen LogP contribution in [0.2, 0.25) is 0 Å². The normalized spacial score (nSPS) is 15.5. The van der Waals surface area contributed by atoms with Gasteiger partial charge in [-0.2, -0.15) is 10.2 Å². The summed E-state index contributed by atoms with van der Waals surface area (Å²) in [5, 5.41) is 15.9. The maximum Gasteiger partial charge on any atom is 0.147 e. The second-order valence-corrected chi connectivity index (χ2v) is 8.48. The number of piperidine rings is 1. The van der Waals surface area contributed by atoms with E-state index in [2.05, 4.69) is 53.2 Å². The highest BCUT2D eigenvalue weighted by atomic mass is 32.2. The first-order chi connectivity index (χ1) is 13.1. The SMILES string of the molecule is Cc1ccc(-n2nc3c(SCCN4CCCCC4)nnc(C)c3c2C)cc1. The zero-order chi connectivity index (χ0) is 18.8. The molecule has 0 N–H and O–H groups in total. The molecule has 4 rings (SSSR count). The summed E-state index contributed by atoms with van der Waals surface area (Å²) < 4.78 is 2.02. The third-order valence-electron chi connectivity index (χ3n) is 5.35. The third-order valence-corrected chi connectivity index (χ3v) is 6.28. The number of nitrogens with zero attached hydrogens (tertiary/aromatic N) is 5. The number of fused-ring (bicyclic) bond motifs is 1. The van der Waals surface area contributed by atoms with Gasteiger partial charge in [-0.05, 0) is 58.8 Å². The van der Waals surface area contributed by atoms with E-state index in [4.69, 9.17) is 5.10 Å². The lowest BCUT2D eigenvalue weighted by Crippen LogP contribution is -2.31. The topological polar surface area (TPSA) is 46.8 Å². The summed E-state index contributed by atoms with van der Waals surface area (Å²) in [6.07, 6.45) is 4.04. The van der Waals surface area contributed by atoms with Crippen LogP contribution in [0.3, 0.4) is 0 Å². The zero-order valence-electron chi connectivity index (χ0n) is 16.4. The lowest BCUT2D eigenvalue weighted by atomic mass is 10.1. The van der Waals surface area contributed by atoms with E-state index < -0.39 is 0 Å². The Kier molecular flexibility index (Phi) is 5.45. The van der Waals surface area contributed by atoms with E-state index in [1.54, 1.807) is 11.8 Å². The van der Waals surface area contributed by atoms with Gasteiger partial charge in [0.1, 0.15) is 10.5 Å². The van der Waals surface area contributed by atoms with E-state index in [0.29, 0.717) is 0 Å². The van der Waals surface area contributed by atoms with Crippen molar-refractivity contribution in [1.82, 2.24) is 24.9 Å². The molecule has 0 bridgehead atoms. The van der Waals surface area contributed by atoms with Crippen molar-refractivity contribution in [2.24, 2.45) is 0 Å². The average Bonchev–Trinajstić information content (AvgIpc) is 3.03. The molecule has 2 aromatic heterocycles. The molecule has 1 saturated heterocycles. The molecule has 5 nitrogen and oxygen atoms in total. The number of hydrogen-bond donors (Lipinski definition) is 0. The highest BCUT2D eigenvalue weighted by Crippen LogP contribution is 2.30. The Morgan fingerprint density at radius 3 is 2.44 bits per heavy atom. The Hall–Kier alpha value is -1.92. The van der Waals surface area contributed by atoms with Gasteiger partial charge in [0.05, 0.1) is 17.1 Å². The first-order valence-corrected chi connectivity index (χ1v) is 10.8. The number of likely N-dealkylation sites (tertiary alicyclic amines) is 1. The fraction of sp³-hybridized carbons (Fsp3) is 0.476. The summed E-state index contributed by atoms with van der Waals surface area (Å²) in [4.78, 5) is 2.56. The maximum atomic E-state index is 4.92. The summed E-state index contributed by atoms with van der Waals surface area (Å²) >= 11 is 1.78. The minimum absolute atomic E-state index is 0.946. The Morgan fingerprint density at radius 1 is 0.963 bits per heavy atom. The molecule has 6 heteroatoms. The molecular weight excluding hydrogens is 354 g/mol. The molecule has 0 radical (unpaired) electrons. The molecule has 3 heterocycles. The van der Waals surface area contributed by atoms with Gasteiger partial charge >= 0.3 is 0 Å². The number of hydrogen-bond acceptors (Lipinski definition) is 5. The Balaban J connectivity index is 1.60. The fourth-order valence-electron chi connectivity index (χ4n) is 3.79. The van der Waals surface area contributed by atoms with Crippen LogP contribution < -0.4 is 0 Å². The van der Waals surface area contributed by atoms with Gasteiger partial charge in [-0.1, -0.05) is 24.1 Å². The van der Waals surface area contributed by atoms with Gasteiger partial charge in [-0.3, -0.25) is 0 Å². The van der Waals surface area contributed by atoms with E-state index in [1.807, 2.05) is 11.6 Å². The number of aryl methyl sites for hydroxylation is 3. The van der Waals surface area contributed by atoms with Crippen LogP contribution in [0.1, 0.15) is 36.2 Å². The minimum Gasteiger partial charge on any atom is -0.303 e. The van der Waals surface area contributed by atoms with E-state index in [1.165, 1.54) is 37.9 Å². The molecule has 0 atom stereocenters. The predicted octanol–water partition coefficient (Wildman–Crippen LogP) is 4.32. The molecule has 0 amide bonds. The smallest absolute Gasteiger partial charge is 0.147 e. The van der Waals surface area contributed by atoms with E-state index in [-0.39, 0.29) is 0 Å². The van der Waals surface area contributed by atoms with Crippen LogP contribution in [0.4, 0.5) is 0 Å². The van der Waals surface area contributed by atoms with Crippen molar-refractivity contribution in [3.8, 4) is 5.69 Å². The van der Waals surface area contributed by atoms with Gasteiger partial charge < -0.3 is 4.90 Å². The Morgan fingerprint density at radius 2 is 1.70 bits per heavy atom. The van der Waals surface area contributed by atoms with Gasteiger partial charge in [0.15, 0.2) is 0 Å². The molecule has 142 valence electrons. The highest BCUT2D eigenvalue weighted by molar-refractivity contribution is 7.99. The molecular formula is C21H27N5S.